The topological polar surface area (TPSA) is 58.2 Å². The molecule has 0 spiro atoms. The number of nitrogens with zero attached hydrogens (tertiary/aromatic N) is 2. The minimum Gasteiger partial charge on any atom is -0.482 e. The average Bonchev–Trinajstić information content (AvgIpc) is 2.83. The van der Waals surface area contributed by atoms with Gasteiger partial charge < -0.3 is 9.64 Å². The first-order valence-corrected chi connectivity index (χ1v) is 7.91. The molecule has 124 valence electrons. The van der Waals surface area contributed by atoms with E-state index < -0.39 is 0 Å². The zero-order valence-corrected chi connectivity index (χ0v) is 15.0. The van der Waals surface area contributed by atoms with Crippen LogP contribution >= 0.6 is 23.2 Å². The Labute approximate surface area is 145 Å². The molecule has 0 bridgehead atoms. The van der Waals surface area contributed by atoms with Gasteiger partial charge in [-0.25, -0.2) is 0 Å². The lowest BCUT2D eigenvalue weighted by Crippen LogP contribution is -2.34. The molecule has 7 heteroatoms. The third kappa shape index (κ3) is 3.98. The second-order valence-electron chi connectivity index (χ2n) is 5.39. The van der Waals surface area contributed by atoms with Gasteiger partial charge in [0.2, 0.25) is 0 Å². The molecule has 0 fully saturated rings. The summed E-state index contributed by atoms with van der Waals surface area (Å²) >= 11 is 11.9. The largest absolute Gasteiger partial charge is 0.482 e. The lowest BCUT2D eigenvalue weighted by atomic mass is 10.1. The molecule has 2 aromatic rings. The van der Waals surface area contributed by atoms with Gasteiger partial charge in [0.05, 0.1) is 16.8 Å². The van der Waals surface area contributed by atoms with Crippen LogP contribution in [0.5, 0.6) is 5.75 Å². The first-order valence-electron chi connectivity index (χ1n) is 7.16. The Morgan fingerprint density at radius 3 is 2.65 bits per heavy atom. The monoisotopic (exact) mass is 355 g/mol. The van der Waals surface area contributed by atoms with E-state index in [0.29, 0.717) is 15.8 Å². The maximum Gasteiger partial charge on any atom is 0.260 e. The predicted octanol–water partition coefficient (Wildman–Crippen LogP) is 3.93. The number of hydrogen-bond donors (Lipinski definition) is 1. The summed E-state index contributed by atoms with van der Waals surface area (Å²) in [4.78, 5) is 14.0. The Morgan fingerprint density at radius 1 is 1.39 bits per heavy atom. The zero-order valence-electron chi connectivity index (χ0n) is 13.5. The van der Waals surface area contributed by atoms with Gasteiger partial charge in [-0.3, -0.25) is 9.89 Å². The summed E-state index contributed by atoms with van der Waals surface area (Å²) in [6, 6.07) is 4.78. The van der Waals surface area contributed by atoms with Crippen LogP contribution in [0.15, 0.2) is 18.2 Å². The number of amides is 1. The molecule has 1 amide bonds. The Balaban J connectivity index is 2.02. The van der Waals surface area contributed by atoms with Crippen molar-refractivity contribution < 1.29 is 9.53 Å². The number of rotatable bonds is 5. The van der Waals surface area contributed by atoms with Crippen LogP contribution in [0, 0.1) is 13.8 Å². The zero-order chi connectivity index (χ0) is 17.1. The molecule has 23 heavy (non-hydrogen) atoms. The minimum atomic E-state index is -0.150. The van der Waals surface area contributed by atoms with Crippen LogP contribution in [-0.4, -0.2) is 34.7 Å². The fourth-order valence-corrected chi connectivity index (χ4v) is 2.88. The Hall–Kier alpha value is -1.72. The summed E-state index contributed by atoms with van der Waals surface area (Å²) < 4.78 is 5.50. The predicted molar refractivity (Wildman–Crippen MR) is 91.2 cm³/mol. The standard InChI is InChI=1S/C16H19Cl2N3O2/c1-9-16(10(2)20-19-9)11(3)21(4)15(22)8-23-14-6-5-12(17)7-13(14)18/h5-7,11H,8H2,1-4H3,(H,19,20)/t11-/m1/s1. The van der Waals surface area contributed by atoms with E-state index in [9.17, 15) is 4.79 Å². The van der Waals surface area contributed by atoms with Crippen LogP contribution in [0.3, 0.4) is 0 Å². The van der Waals surface area contributed by atoms with Gasteiger partial charge >= 0.3 is 0 Å². The fourth-order valence-electron chi connectivity index (χ4n) is 2.42. The fraction of sp³-hybridized carbons (Fsp3) is 0.375. The summed E-state index contributed by atoms with van der Waals surface area (Å²) in [6.07, 6.45) is 0. The van der Waals surface area contributed by atoms with Crippen molar-refractivity contribution in [3.05, 3.63) is 45.2 Å². The number of aryl methyl sites for hydroxylation is 2. The van der Waals surface area contributed by atoms with Crippen molar-refractivity contribution >= 4 is 29.1 Å². The van der Waals surface area contributed by atoms with Crippen LogP contribution in [-0.2, 0) is 4.79 Å². The van der Waals surface area contributed by atoms with E-state index in [1.807, 2.05) is 20.8 Å². The number of halogens is 2. The Bertz CT molecular complexity index is 696. The highest BCUT2D eigenvalue weighted by Gasteiger charge is 2.22. The summed E-state index contributed by atoms with van der Waals surface area (Å²) in [7, 11) is 1.74. The smallest absolute Gasteiger partial charge is 0.260 e. The molecular weight excluding hydrogens is 337 g/mol. The second-order valence-corrected chi connectivity index (χ2v) is 6.24. The van der Waals surface area contributed by atoms with Gasteiger partial charge in [0.15, 0.2) is 6.61 Å². The van der Waals surface area contributed by atoms with Crippen molar-refractivity contribution in [2.24, 2.45) is 0 Å². The first-order chi connectivity index (χ1) is 10.8. The minimum absolute atomic E-state index is 0.0991. The maximum absolute atomic E-state index is 12.4. The SMILES string of the molecule is Cc1n[nH]c(C)c1[C@@H](C)N(C)C(=O)COc1ccc(Cl)cc1Cl. The normalized spacial score (nSPS) is 12.1. The van der Waals surface area contributed by atoms with Crippen LogP contribution < -0.4 is 4.74 Å². The molecule has 0 saturated carbocycles. The number of hydrogen-bond acceptors (Lipinski definition) is 3. The van der Waals surface area contributed by atoms with Crippen molar-refractivity contribution in [2.75, 3.05) is 13.7 Å². The average molecular weight is 356 g/mol. The van der Waals surface area contributed by atoms with Gasteiger partial charge in [-0.15, -0.1) is 0 Å². The molecule has 1 N–H and O–H groups in total. The molecule has 1 aromatic carbocycles. The molecule has 0 aliphatic carbocycles. The highest BCUT2D eigenvalue weighted by molar-refractivity contribution is 6.35. The van der Waals surface area contributed by atoms with Gasteiger partial charge in [-0.2, -0.15) is 5.10 Å². The summed E-state index contributed by atoms with van der Waals surface area (Å²) in [6.45, 7) is 5.71. The van der Waals surface area contributed by atoms with Crippen LogP contribution in [0.4, 0.5) is 0 Å². The molecule has 1 heterocycles. The number of benzene rings is 1. The number of carbonyl (C=O) groups is 1. The number of aromatic nitrogens is 2. The summed E-state index contributed by atoms with van der Waals surface area (Å²) in [5.41, 5.74) is 2.86. The first kappa shape index (κ1) is 17.6. The van der Waals surface area contributed by atoms with E-state index in [-0.39, 0.29) is 18.6 Å². The molecule has 0 saturated heterocycles. The summed E-state index contributed by atoms with van der Waals surface area (Å²) in [5, 5.41) is 8.00. The number of H-pyrrole nitrogens is 1. The van der Waals surface area contributed by atoms with Crippen LogP contribution in [0.2, 0.25) is 10.0 Å². The van der Waals surface area contributed by atoms with Crippen molar-refractivity contribution in [1.82, 2.24) is 15.1 Å². The molecule has 1 aromatic heterocycles. The van der Waals surface area contributed by atoms with Gasteiger partial charge in [0.25, 0.3) is 5.91 Å². The van der Waals surface area contributed by atoms with Gasteiger partial charge in [0, 0.05) is 23.3 Å². The molecule has 0 aliphatic heterocycles. The highest BCUT2D eigenvalue weighted by Crippen LogP contribution is 2.28. The molecule has 0 aliphatic rings. The number of carbonyl (C=O) groups excluding carboxylic acids is 1. The number of ether oxygens (including phenoxy) is 1. The lowest BCUT2D eigenvalue weighted by Gasteiger charge is -2.25. The van der Waals surface area contributed by atoms with Crippen molar-refractivity contribution in [3.8, 4) is 5.75 Å². The Morgan fingerprint density at radius 2 is 2.09 bits per heavy atom. The summed E-state index contributed by atoms with van der Waals surface area (Å²) in [5.74, 6) is 0.282. The highest BCUT2D eigenvalue weighted by atomic mass is 35.5. The van der Waals surface area contributed by atoms with E-state index in [4.69, 9.17) is 27.9 Å². The van der Waals surface area contributed by atoms with Gasteiger partial charge in [-0.05, 0) is 39.0 Å². The van der Waals surface area contributed by atoms with E-state index in [0.717, 1.165) is 17.0 Å². The molecule has 1 atom stereocenters. The van der Waals surface area contributed by atoms with E-state index in [1.54, 1.807) is 30.1 Å². The van der Waals surface area contributed by atoms with Gasteiger partial charge in [-0.1, -0.05) is 23.2 Å². The van der Waals surface area contributed by atoms with Crippen molar-refractivity contribution in [3.63, 3.8) is 0 Å². The van der Waals surface area contributed by atoms with Crippen LogP contribution in [0.1, 0.15) is 29.9 Å². The maximum atomic E-state index is 12.4. The van der Waals surface area contributed by atoms with Crippen molar-refractivity contribution in [2.45, 2.75) is 26.8 Å². The van der Waals surface area contributed by atoms with E-state index in [1.165, 1.54) is 0 Å². The number of nitrogens with one attached hydrogen (secondary N) is 1. The van der Waals surface area contributed by atoms with Crippen LogP contribution in [0.25, 0.3) is 0 Å². The molecular formula is C16H19Cl2N3O2. The molecule has 2 rings (SSSR count). The van der Waals surface area contributed by atoms with E-state index in [2.05, 4.69) is 10.2 Å². The van der Waals surface area contributed by atoms with Crippen molar-refractivity contribution in [1.29, 1.82) is 0 Å². The lowest BCUT2D eigenvalue weighted by molar-refractivity contribution is -0.134. The van der Waals surface area contributed by atoms with Gasteiger partial charge in [0.1, 0.15) is 5.75 Å². The van der Waals surface area contributed by atoms with E-state index >= 15 is 0 Å². The second kappa shape index (κ2) is 7.23. The third-order valence-electron chi connectivity index (χ3n) is 3.82. The quantitative estimate of drug-likeness (QED) is 0.883. The number of likely N-dealkylation sites (N-methyl/N-ethyl adjacent to an activating group) is 1. The third-order valence-corrected chi connectivity index (χ3v) is 4.35. The Kier molecular flexibility index (Phi) is 5.55. The number of aromatic amines is 1. The molecule has 0 radical (unpaired) electrons. The molecule has 0 unspecified atom stereocenters. The molecule has 5 nitrogen and oxygen atoms in total.